The van der Waals surface area contributed by atoms with Crippen molar-refractivity contribution < 1.29 is 23.1 Å². The van der Waals surface area contributed by atoms with Crippen LogP contribution in [0.4, 0.5) is 5.69 Å². The van der Waals surface area contributed by atoms with Gasteiger partial charge in [-0.2, -0.15) is 0 Å². The summed E-state index contributed by atoms with van der Waals surface area (Å²) in [6, 6.07) is 5.40. The second kappa shape index (κ2) is 5.90. The topological polar surface area (TPSA) is 129 Å². The number of carbonyl (C=O) groups excluding carboxylic acids is 2. The minimum atomic E-state index is -3.34. The summed E-state index contributed by atoms with van der Waals surface area (Å²) in [6.45, 7) is 0. The van der Waals surface area contributed by atoms with Gasteiger partial charge in [0.25, 0.3) is 5.91 Å². The monoisotopic (exact) mass is 320 g/mol. The van der Waals surface area contributed by atoms with E-state index in [0.717, 1.165) is 12.5 Å². The molecular formula is C13H10N3O5S-. The highest BCUT2D eigenvalue weighted by atomic mass is 32.2. The SMILES string of the molecule is CS(=O)(=O)c1ccc(NC(=O)c2nccnc2C(=O)[O-])cc1. The van der Waals surface area contributed by atoms with E-state index >= 15 is 0 Å². The quantitative estimate of drug-likeness (QED) is 0.803. The van der Waals surface area contributed by atoms with E-state index in [9.17, 15) is 23.1 Å². The van der Waals surface area contributed by atoms with E-state index in [1.54, 1.807) is 0 Å². The van der Waals surface area contributed by atoms with Crippen LogP contribution in [0.2, 0.25) is 0 Å². The average molecular weight is 320 g/mol. The molecule has 1 aromatic carbocycles. The second-order valence-electron chi connectivity index (χ2n) is 4.29. The summed E-state index contributed by atoms with van der Waals surface area (Å²) in [5, 5.41) is 13.3. The van der Waals surface area contributed by atoms with E-state index in [2.05, 4.69) is 15.3 Å². The van der Waals surface area contributed by atoms with Gasteiger partial charge in [0.15, 0.2) is 15.5 Å². The van der Waals surface area contributed by atoms with Gasteiger partial charge in [0.1, 0.15) is 5.69 Å². The van der Waals surface area contributed by atoms with Gasteiger partial charge in [0.05, 0.1) is 10.9 Å². The number of anilines is 1. The maximum atomic E-state index is 12.0. The Bertz CT molecular complexity index is 831. The number of amides is 1. The third-order valence-corrected chi connectivity index (χ3v) is 3.78. The Labute approximate surface area is 125 Å². The van der Waals surface area contributed by atoms with Crippen LogP contribution < -0.4 is 10.4 Å². The summed E-state index contributed by atoms with van der Waals surface area (Å²) >= 11 is 0. The number of carbonyl (C=O) groups is 2. The number of aromatic nitrogens is 2. The van der Waals surface area contributed by atoms with Crippen molar-refractivity contribution in [1.29, 1.82) is 0 Å². The van der Waals surface area contributed by atoms with Gasteiger partial charge in [-0.05, 0) is 24.3 Å². The summed E-state index contributed by atoms with van der Waals surface area (Å²) in [6.07, 6.45) is 3.36. The highest BCUT2D eigenvalue weighted by Crippen LogP contribution is 2.15. The zero-order valence-corrected chi connectivity index (χ0v) is 12.1. The molecule has 1 aromatic heterocycles. The molecule has 0 bridgehead atoms. The predicted octanol–water partition coefficient (Wildman–Crippen LogP) is -0.504. The van der Waals surface area contributed by atoms with Crippen LogP contribution in [0, 0.1) is 0 Å². The first-order chi connectivity index (χ1) is 10.3. The maximum Gasteiger partial charge on any atom is 0.276 e. The fraction of sp³-hybridized carbons (Fsp3) is 0.0769. The van der Waals surface area contributed by atoms with Crippen molar-refractivity contribution in [3.8, 4) is 0 Å². The minimum absolute atomic E-state index is 0.0976. The Morgan fingerprint density at radius 3 is 2.09 bits per heavy atom. The van der Waals surface area contributed by atoms with Crippen molar-refractivity contribution in [1.82, 2.24) is 9.97 Å². The van der Waals surface area contributed by atoms with Crippen molar-refractivity contribution in [3.05, 3.63) is 48.0 Å². The van der Waals surface area contributed by atoms with Gasteiger partial charge in [-0.15, -0.1) is 0 Å². The number of carboxylic acid groups (broad SMARTS) is 1. The average Bonchev–Trinajstić information content (AvgIpc) is 2.46. The summed E-state index contributed by atoms with van der Waals surface area (Å²) < 4.78 is 22.7. The standard InChI is InChI=1S/C13H11N3O5S/c1-22(20,21)9-4-2-8(3-5-9)16-12(17)10-11(13(18)19)15-7-6-14-10/h2-7H,1H3,(H,16,17)(H,18,19)/p-1. The number of carboxylic acids is 1. The number of aromatic carboxylic acids is 1. The van der Waals surface area contributed by atoms with E-state index in [4.69, 9.17) is 0 Å². The fourth-order valence-electron chi connectivity index (χ4n) is 1.63. The molecule has 0 aliphatic rings. The van der Waals surface area contributed by atoms with Crippen LogP contribution in [0.25, 0.3) is 0 Å². The first-order valence-corrected chi connectivity index (χ1v) is 7.82. The Morgan fingerprint density at radius 1 is 1.05 bits per heavy atom. The van der Waals surface area contributed by atoms with Crippen LogP contribution in [0.15, 0.2) is 41.6 Å². The number of hydrogen-bond acceptors (Lipinski definition) is 7. The number of nitrogens with zero attached hydrogens (tertiary/aromatic N) is 2. The lowest BCUT2D eigenvalue weighted by Gasteiger charge is -2.09. The summed E-state index contributed by atoms with van der Waals surface area (Å²) in [7, 11) is -3.34. The number of rotatable bonds is 4. The summed E-state index contributed by atoms with van der Waals surface area (Å²) in [5.74, 6) is -2.41. The van der Waals surface area contributed by atoms with Crippen LogP contribution in [-0.2, 0) is 9.84 Å². The lowest BCUT2D eigenvalue weighted by atomic mass is 10.2. The summed E-state index contributed by atoms with van der Waals surface area (Å²) in [5.41, 5.74) is -0.685. The third-order valence-electron chi connectivity index (χ3n) is 2.65. The molecule has 22 heavy (non-hydrogen) atoms. The van der Waals surface area contributed by atoms with Crippen LogP contribution in [0.1, 0.15) is 21.0 Å². The lowest BCUT2D eigenvalue weighted by molar-refractivity contribution is -0.255. The van der Waals surface area contributed by atoms with Gasteiger partial charge >= 0.3 is 0 Å². The number of sulfone groups is 1. The predicted molar refractivity (Wildman–Crippen MR) is 73.9 cm³/mol. The fourth-order valence-corrected chi connectivity index (χ4v) is 2.26. The van der Waals surface area contributed by atoms with E-state index in [1.807, 2.05) is 0 Å². The van der Waals surface area contributed by atoms with Crippen LogP contribution in [0.5, 0.6) is 0 Å². The molecule has 1 N–H and O–H groups in total. The molecule has 9 heteroatoms. The highest BCUT2D eigenvalue weighted by molar-refractivity contribution is 7.90. The molecule has 0 radical (unpaired) electrons. The molecule has 0 unspecified atom stereocenters. The first kappa shape index (κ1) is 15.6. The van der Waals surface area contributed by atoms with Crippen LogP contribution in [0.3, 0.4) is 0 Å². The van der Waals surface area contributed by atoms with E-state index in [0.29, 0.717) is 0 Å². The maximum absolute atomic E-state index is 12.0. The van der Waals surface area contributed by atoms with Crippen molar-refractivity contribution in [2.45, 2.75) is 4.90 Å². The second-order valence-corrected chi connectivity index (χ2v) is 6.31. The lowest BCUT2D eigenvalue weighted by Crippen LogP contribution is -2.28. The normalized spacial score (nSPS) is 11.0. The van der Waals surface area contributed by atoms with Gasteiger partial charge in [-0.1, -0.05) is 0 Å². The van der Waals surface area contributed by atoms with Gasteiger partial charge in [0, 0.05) is 24.3 Å². The van der Waals surface area contributed by atoms with Crippen molar-refractivity contribution >= 4 is 27.4 Å². The zero-order chi connectivity index (χ0) is 16.3. The van der Waals surface area contributed by atoms with Crippen molar-refractivity contribution in [3.63, 3.8) is 0 Å². The molecule has 0 fully saturated rings. The molecule has 114 valence electrons. The Hall–Kier alpha value is -2.81. The largest absolute Gasteiger partial charge is 0.543 e. The Balaban J connectivity index is 2.25. The molecule has 0 aliphatic carbocycles. The molecule has 1 amide bonds. The molecule has 8 nitrogen and oxygen atoms in total. The Morgan fingerprint density at radius 2 is 1.59 bits per heavy atom. The molecule has 0 spiro atoms. The third kappa shape index (κ3) is 3.44. The molecule has 2 rings (SSSR count). The van der Waals surface area contributed by atoms with Gasteiger partial charge in [0.2, 0.25) is 0 Å². The molecular weight excluding hydrogens is 310 g/mol. The number of benzene rings is 1. The smallest absolute Gasteiger partial charge is 0.276 e. The van der Waals surface area contributed by atoms with Gasteiger partial charge < -0.3 is 15.2 Å². The Kier molecular flexibility index (Phi) is 4.18. The first-order valence-electron chi connectivity index (χ1n) is 5.93. The summed E-state index contributed by atoms with van der Waals surface area (Å²) in [4.78, 5) is 30.2. The molecule has 0 saturated heterocycles. The molecule has 2 aromatic rings. The zero-order valence-electron chi connectivity index (χ0n) is 11.3. The van der Waals surface area contributed by atoms with Gasteiger partial charge in [-0.3, -0.25) is 9.78 Å². The van der Waals surface area contributed by atoms with Crippen LogP contribution in [-0.4, -0.2) is 36.5 Å². The van der Waals surface area contributed by atoms with E-state index in [-0.39, 0.29) is 10.6 Å². The molecule has 0 aliphatic heterocycles. The van der Waals surface area contributed by atoms with E-state index in [1.165, 1.54) is 30.5 Å². The molecule has 0 atom stereocenters. The number of nitrogens with one attached hydrogen (secondary N) is 1. The van der Waals surface area contributed by atoms with Crippen molar-refractivity contribution in [2.75, 3.05) is 11.6 Å². The van der Waals surface area contributed by atoms with Gasteiger partial charge in [-0.25, -0.2) is 13.4 Å². The van der Waals surface area contributed by atoms with E-state index < -0.39 is 33.1 Å². The highest BCUT2D eigenvalue weighted by Gasteiger charge is 2.15. The minimum Gasteiger partial charge on any atom is -0.543 e. The van der Waals surface area contributed by atoms with Crippen molar-refractivity contribution in [2.24, 2.45) is 0 Å². The molecule has 1 heterocycles. The number of hydrogen-bond donors (Lipinski definition) is 1. The molecule has 0 saturated carbocycles. The van der Waals surface area contributed by atoms with Crippen LogP contribution >= 0.6 is 0 Å².